The van der Waals surface area contributed by atoms with Gasteiger partial charge in [-0.15, -0.1) is 0 Å². The van der Waals surface area contributed by atoms with Crippen LogP contribution in [0.4, 0.5) is 4.39 Å². The summed E-state index contributed by atoms with van der Waals surface area (Å²) in [5.74, 6) is -0.0450. The Labute approximate surface area is 187 Å². The van der Waals surface area contributed by atoms with Crippen LogP contribution in [0.25, 0.3) is 0 Å². The van der Waals surface area contributed by atoms with Crippen molar-refractivity contribution in [3.63, 3.8) is 0 Å². The third-order valence-corrected chi connectivity index (χ3v) is 5.92. The molecule has 1 aromatic heterocycles. The maximum atomic E-state index is 13.1. The van der Waals surface area contributed by atoms with E-state index in [1.807, 2.05) is 35.2 Å². The molecule has 0 saturated carbocycles. The maximum absolute atomic E-state index is 13.1. The first-order valence-electron chi connectivity index (χ1n) is 10.9. The molecule has 7 heteroatoms. The number of nitrogens with zero attached hydrogens (tertiary/aromatic N) is 3. The van der Waals surface area contributed by atoms with Gasteiger partial charge in [-0.1, -0.05) is 30.3 Å². The van der Waals surface area contributed by atoms with Crippen LogP contribution >= 0.6 is 0 Å². The summed E-state index contributed by atoms with van der Waals surface area (Å²) in [5.41, 5.74) is 2.89. The van der Waals surface area contributed by atoms with E-state index < -0.39 is 0 Å². The van der Waals surface area contributed by atoms with Crippen molar-refractivity contribution in [1.82, 2.24) is 20.0 Å². The van der Waals surface area contributed by atoms with Gasteiger partial charge in [0.25, 0.3) is 11.8 Å². The van der Waals surface area contributed by atoms with Crippen LogP contribution in [0.5, 0.6) is 0 Å². The summed E-state index contributed by atoms with van der Waals surface area (Å²) < 4.78 is 14.7. The molecule has 0 aliphatic carbocycles. The Morgan fingerprint density at radius 2 is 1.75 bits per heavy atom. The molecule has 2 aromatic carbocycles. The van der Waals surface area contributed by atoms with E-state index in [0.29, 0.717) is 37.5 Å². The fourth-order valence-corrected chi connectivity index (χ4v) is 4.13. The van der Waals surface area contributed by atoms with Crippen molar-refractivity contribution in [3.05, 3.63) is 89.0 Å². The number of aromatic nitrogens is 2. The average molecular weight is 435 g/mol. The van der Waals surface area contributed by atoms with Crippen LogP contribution in [0.3, 0.4) is 0 Å². The Kier molecular flexibility index (Phi) is 6.63. The SMILES string of the molecule is Cn1cc(C(=O)NCc2ccc(F)cc2)c(CC2CCN(C(=O)c3ccccc3)CC2)n1. The molecule has 0 unspecified atom stereocenters. The molecule has 0 atom stereocenters. The van der Waals surface area contributed by atoms with Crippen molar-refractivity contribution in [3.8, 4) is 0 Å². The Balaban J connectivity index is 1.33. The molecule has 1 saturated heterocycles. The predicted molar refractivity (Wildman–Crippen MR) is 120 cm³/mol. The van der Waals surface area contributed by atoms with Crippen molar-refractivity contribution in [1.29, 1.82) is 0 Å². The number of hydrogen-bond donors (Lipinski definition) is 1. The van der Waals surface area contributed by atoms with Crippen molar-refractivity contribution in [2.24, 2.45) is 13.0 Å². The largest absolute Gasteiger partial charge is 0.348 e. The monoisotopic (exact) mass is 434 g/mol. The molecule has 1 fully saturated rings. The fraction of sp³-hybridized carbons (Fsp3) is 0.320. The van der Waals surface area contributed by atoms with Crippen molar-refractivity contribution in [2.45, 2.75) is 25.8 Å². The van der Waals surface area contributed by atoms with Gasteiger partial charge in [0.1, 0.15) is 5.82 Å². The second kappa shape index (κ2) is 9.77. The fourth-order valence-electron chi connectivity index (χ4n) is 4.13. The molecule has 3 aromatic rings. The number of hydrogen-bond acceptors (Lipinski definition) is 3. The second-order valence-corrected chi connectivity index (χ2v) is 8.28. The number of aryl methyl sites for hydroxylation is 1. The van der Waals surface area contributed by atoms with Gasteiger partial charge in [0.05, 0.1) is 11.3 Å². The minimum Gasteiger partial charge on any atom is -0.348 e. The topological polar surface area (TPSA) is 67.2 Å². The third kappa shape index (κ3) is 5.22. The highest BCUT2D eigenvalue weighted by molar-refractivity contribution is 5.95. The zero-order valence-corrected chi connectivity index (χ0v) is 18.1. The first-order chi connectivity index (χ1) is 15.5. The third-order valence-electron chi connectivity index (χ3n) is 5.92. The summed E-state index contributed by atoms with van der Waals surface area (Å²) in [5, 5.41) is 7.42. The van der Waals surface area contributed by atoms with Crippen molar-refractivity contribution < 1.29 is 14.0 Å². The molecular weight excluding hydrogens is 407 g/mol. The Morgan fingerprint density at radius 3 is 2.44 bits per heavy atom. The lowest BCUT2D eigenvalue weighted by molar-refractivity contribution is 0.0690. The van der Waals surface area contributed by atoms with Crippen LogP contribution in [0, 0.1) is 11.7 Å². The number of carbonyl (C=O) groups excluding carboxylic acids is 2. The zero-order chi connectivity index (χ0) is 22.5. The highest BCUT2D eigenvalue weighted by Gasteiger charge is 2.26. The average Bonchev–Trinajstić information content (AvgIpc) is 3.19. The number of piperidine rings is 1. The Morgan fingerprint density at radius 1 is 1.06 bits per heavy atom. The van der Waals surface area contributed by atoms with Gasteiger partial charge >= 0.3 is 0 Å². The maximum Gasteiger partial charge on any atom is 0.255 e. The lowest BCUT2D eigenvalue weighted by Gasteiger charge is -2.32. The van der Waals surface area contributed by atoms with Crippen LogP contribution in [0.2, 0.25) is 0 Å². The number of rotatable bonds is 6. The summed E-state index contributed by atoms with van der Waals surface area (Å²) in [7, 11) is 1.81. The van der Waals surface area contributed by atoms with Crippen LogP contribution in [-0.2, 0) is 20.0 Å². The van der Waals surface area contributed by atoms with E-state index >= 15 is 0 Å². The van der Waals surface area contributed by atoms with Crippen molar-refractivity contribution >= 4 is 11.8 Å². The molecule has 1 N–H and O–H groups in total. The minimum absolute atomic E-state index is 0.0720. The van der Waals surface area contributed by atoms with Crippen molar-refractivity contribution in [2.75, 3.05) is 13.1 Å². The van der Waals surface area contributed by atoms with Crippen LogP contribution in [0.15, 0.2) is 60.8 Å². The van der Waals surface area contributed by atoms with E-state index in [4.69, 9.17) is 0 Å². The number of benzene rings is 2. The highest BCUT2D eigenvalue weighted by atomic mass is 19.1. The second-order valence-electron chi connectivity index (χ2n) is 8.28. The summed E-state index contributed by atoms with van der Waals surface area (Å²) >= 11 is 0. The Bertz CT molecular complexity index is 1070. The summed E-state index contributed by atoms with van der Waals surface area (Å²) in [4.78, 5) is 27.3. The van der Waals surface area contributed by atoms with Gasteiger partial charge in [-0.25, -0.2) is 4.39 Å². The lowest BCUT2D eigenvalue weighted by Crippen LogP contribution is -2.39. The van der Waals surface area contributed by atoms with Gasteiger partial charge in [-0.05, 0) is 55.0 Å². The number of amides is 2. The van der Waals surface area contributed by atoms with Gasteiger partial charge in [-0.3, -0.25) is 14.3 Å². The van der Waals surface area contributed by atoms with Gasteiger partial charge < -0.3 is 10.2 Å². The molecule has 0 spiro atoms. The van der Waals surface area contributed by atoms with Crippen LogP contribution < -0.4 is 5.32 Å². The molecule has 0 bridgehead atoms. The quantitative estimate of drug-likeness (QED) is 0.645. The molecule has 1 aliphatic heterocycles. The molecular formula is C25H27FN4O2. The number of halogens is 1. The molecule has 2 heterocycles. The summed E-state index contributed by atoms with van der Waals surface area (Å²) in [6, 6.07) is 15.4. The molecule has 0 radical (unpaired) electrons. The lowest BCUT2D eigenvalue weighted by atomic mass is 9.91. The molecule has 32 heavy (non-hydrogen) atoms. The zero-order valence-electron chi connectivity index (χ0n) is 18.1. The number of nitrogens with one attached hydrogen (secondary N) is 1. The number of likely N-dealkylation sites (tertiary alicyclic amines) is 1. The first-order valence-corrected chi connectivity index (χ1v) is 10.9. The van der Waals surface area contributed by atoms with Crippen LogP contribution in [0.1, 0.15) is 44.8 Å². The molecule has 4 rings (SSSR count). The normalized spacial score (nSPS) is 14.4. The van der Waals surface area contributed by atoms with E-state index in [1.54, 1.807) is 30.1 Å². The van der Waals surface area contributed by atoms with E-state index in [1.165, 1.54) is 12.1 Å². The molecule has 1 aliphatic rings. The van der Waals surface area contributed by atoms with E-state index in [2.05, 4.69) is 10.4 Å². The molecule has 6 nitrogen and oxygen atoms in total. The molecule has 2 amide bonds. The van der Waals surface area contributed by atoms with Gasteiger partial charge in [0.15, 0.2) is 0 Å². The first kappa shape index (κ1) is 21.7. The van der Waals surface area contributed by atoms with Gasteiger partial charge in [-0.2, -0.15) is 5.10 Å². The molecule has 166 valence electrons. The van der Waals surface area contributed by atoms with Crippen LogP contribution in [-0.4, -0.2) is 39.6 Å². The van der Waals surface area contributed by atoms with E-state index in [9.17, 15) is 14.0 Å². The Hall–Kier alpha value is -3.48. The number of carbonyl (C=O) groups is 2. The summed E-state index contributed by atoms with van der Waals surface area (Å²) in [6.07, 6.45) is 4.20. The minimum atomic E-state index is -0.300. The van der Waals surface area contributed by atoms with E-state index in [-0.39, 0.29) is 17.6 Å². The van der Waals surface area contributed by atoms with Gasteiger partial charge in [0.2, 0.25) is 0 Å². The summed E-state index contributed by atoms with van der Waals surface area (Å²) in [6.45, 7) is 1.74. The predicted octanol–water partition coefficient (Wildman–Crippen LogP) is 3.58. The standard InChI is InChI=1S/C25H27FN4O2/c1-29-17-22(24(31)27-16-19-7-9-21(26)10-8-19)23(28-29)15-18-11-13-30(14-12-18)25(32)20-5-3-2-4-6-20/h2-10,17-18H,11-16H2,1H3,(H,27,31). The van der Waals surface area contributed by atoms with E-state index in [0.717, 1.165) is 29.7 Å². The smallest absolute Gasteiger partial charge is 0.255 e. The van der Waals surface area contributed by atoms with Gasteiger partial charge in [0, 0.05) is 38.4 Å². The highest BCUT2D eigenvalue weighted by Crippen LogP contribution is 2.24.